The van der Waals surface area contributed by atoms with E-state index in [9.17, 15) is 17.6 Å². The summed E-state index contributed by atoms with van der Waals surface area (Å²) >= 11 is 0. The standard InChI is InChI=1S/C18H20F4O2/c1-2-8-23-10-13-15(17(13,19)20)16-14(18(16,21)22)11-24-9-12-6-4-3-5-7-12/h2-7,13-16H,1,8-11H2/t13-,14+,15+,16-/m0/s1. The number of ether oxygens (including phenoxy) is 2. The summed E-state index contributed by atoms with van der Waals surface area (Å²) in [7, 11) is 0. The summed E-state index contributed by atoms with van der Waals surface area (Å²) in [5.41, 5.74) is 0.866. The summed E-state index contributed by atoms with van der Waals surface area (Å²) in [4.78, 5) is 0. The molecule has 132 valence electrons. The van der Waals surface area contributed by atoms with Crippen molar-refractivity contribution in [1.82, 2.24) is 0 Å². The van der Waals surface area contributed by atoms with E-state index in [0.717, 1.165) is 5.56 Å². The van der Waals surface area contributed by atoms with Crippen LogP contribution in [-0.2, 0) is 16.1 Å². The van der Waals surface area contributed by atoms with Crippen LogP contribution in [0, 0.1) is 23.7 Å². The average molecular weight is 344 g/mol. The summed E-state index contributed by atoms with van der Waals surface area (Å²) in [6.45, 7) is 3.35. The third-order valence-electron chi connectivity index (χ3n) is 4.86. The highest BCUT2D eigenvalue weighted by atomic mass is 19.3. The first-order valence-electron chi connectivity index (χ1n) is 7.96. The Hall–Kier alpha value is -1.40. The lowest BCUT2D eigenvalue weighted by molar-refractivity contribution is 0.0369. The van der Waals surface area contributed by atoms with Gasteiger partial charge >= 0.3 is 0 Å². The Kier molecular flexibility index (Phi) is 4.71. The molecule has 0 N–H and O–H groups in total. The summed E-state index contributed by atoms with van der Waals surface area (Å²) in [5, 5.41) is 0. The van der Waals surface area contributed by atoms with Crippen LogP contribution in [0.1, 0.15) is 5.56 Å². The maximum absolute atomic E-state index is 13.9. The molecule has 0 bridgehead atoms. The number of alkyl halides is 4. The minimum atomic E-state index is -3.09. The van der Waals surface area contributed by atoms with Crippen molar-refractivity contribution in [2.75, 3.05) is 19.8 Å². The van der Waals surface area contributed by atoms with Crippen LogP contribution in [0.5, 0.6) is 0 Å². The van der Waals surface area contributed by atoms with Gasteiger partial charge in [-0.05, 0) is 5.56 Å². The SMILES string of the molecule is C=CCOC[C@H]1[C@H]([C@@H]2[C@@H](COCc3ccccc3)C2(F)F)C1(F)F. The highest BCUT2D eigenvalue weighted by Crippen LogP contribution is 2.72. The highest BCUT2D eigenvalue weighted by molar-refractivity contribution is 5.21. The molecule has 0 spiro atoms. The van der Waals surface area contributed by atoms with Crippen molar-refractivity contribution in [3.05, 3.63) is 48.6 Å². The first-order chi connectivity index (χ1) is 11.4. The molecule has 0 heterocycles. The van der Waals surface area contributed by atoms with Crippen LogP contribution in [0.3, 0.4) is 0 Å². The van der Waals surface area contributed by atoms with Gasteiger partial charge in [-0.3, -0.25) is 0 Å². The van der Waals surface area contributed by atoms with Crippen LogP contribution in [0.15, 0.2) is 43.0 Å². The summed E-state index contributed by atoms with van der Waals surface area (Å²) in [6, 6.07) is 9.14. The van der Waals surface area contributed by atoms with E-state index in [4.69, 9.17) is 9.47 Å². The van der Waals surface area contributed by atoms with Crippen molar-refractivity contribution in [2.45, 2.75) is 18.5 Å². The molecule has 0 amide bonds. The zero-order valence-corrected chi connectivity index (χ0v) is 13.1. The first-order valence-corrected chi connectivity index (χ1v) is 7.96. The number of halogens is 4. The minimum absolute atomic E-state index is 0.143. The van der Waals surface area contributed by atoms with Crippen molar-refractivity contribution < 1.29 is 27.0 Å². The molecular formula is C18H20F4O2. The maximum Gasteiger partial charge on any atom is 0.257 e. The van der Waals surface area contributed by atoms with Gasteiger partial charge in [0, 0.05) is 11.8 Å². The number of benzene rings is 1. The van der Waals surface area contributed by atoms with Gasteiger partial charge in [-0.2, -0.15) is 0 Å². The molecule has 6 heteroatoms. The Morgan fingerprint density at radius 3 is 2.00 bits per heavy atom. The van der Waals surface area contributed by atoms with Crippen molar-refractivity contribution in [3.8, 4) is 0 Å². The summed E-state index contributed by atoms with van der Waals surface area (Å²) < 4.78 is 65.8. The van der Waals surface area contributed by atoms with Gasteiger partial charge in [0.15, 0.2) is 0 Å². The van der Waals surface area contributed by atoms with Crippen molar-refractivity contribution in [2.24, 2.45) is 23.7 Å². The minimum Gasteiger partial charge on any atom is -0.377 e. The van der Waals surface area contributed by atoms with Gasteiger partial charge in [0.05, 0.1) is 38.3 Å². The fraction of sp³-hybridized carbons (Fsp3) is 0.556. The Labute approximate surface area is 138 Å². The lowest BCUT2D eigenvalue weighted by atomic mass is 10.2. The second-order valence-electron chi connectivity index (χ2n) is 6.44. The fourth-order valence-corrected chi connectivity index (χ4v) is 3.40. The second kappa shape index (κ2) is 6.48. The van der Waals surface area contributed by atoms with Gasteiger partial charge in [0.1, 0.15) is 0 Å². The molecule has 4 atom stereocenters. The van der Waals surface area contributed by atoms with Crippen LogP contribution in [-0.4, -0.2) is 31.7 Å². The predicted molar refractivity (Wildman–Crippen MR) is 81.0 cm³/mol. The van der Waals surface area contributed by atoms with Crippen LogP contribution in [0.2, 0.25) is 0 Å². The molecule has 24 heavy (non-hydrogen) atoms. The van der Waals surface area contributed by atoms with E-state index in [-0.39, 0.29) is 26.4 Å². The Morgan fingerprint density at radius 2 is 1.46 bits per heavy atom. The van der Waals surface area contributed by atoms with E-state index in [1.807, 2.05) is 30.3 Å². The molecule has 0 radical (unpaired) electrons. The lowest BCUT2D eigenvalue weighted by Crippen LogP contribution is -2.03. The van der Waals surface area contributed by atoms with Crippen molar-refractivity contribution in [3.63, 3.8) is 0 Å². The zero-order chi connectivity index (χ0) is 17.4. The van der Waals surface area contributed by atoms with E-state index in [1.165, 1.54) is 6.08 Å². The number of hydrogen-bond acceptors (Lipinski definition) is 2. The van der Waals surface area contributed by atoms with Gasteiger partial charge in [-0.25, -0.2) is 17.6 Å². The third-order valence-corrected chi connectivity index (χ3v) is 4.86. The van der Waals surface area contributed by atoms with Gasteiger partial charge in [0.25, 0.3) is 11.8 Å². The van der Waals surface area contributed by atoms with E-state index in [0.29, 0.717) is 0 Å². The fourth-order valence-electron chi connectivity index (χ4n) is 3.40. The maximum atomic E-state index is 13.9. The zero-order valence-electron chi connectivity index (χ0n) is 13.1. The molecule has 2 aliphatic carbocycles. The molecule has 0 unspecified atom stereocenters. The van der Waals surface area contributed by atoms with Crippen LogP contribution < -0.4 is 0 Å². The molecule has 0 aromatic heterocycles. The third kappa shape index (κ3) is 3.22. The van der Waals surface area contributed by atoms with Gasteiger partial charge in [0.2, 0.25) is 0 Å². The molecule has 1 aromatic rings. The monoisotopic (exact) mass is 344 g/mol. The van der Waals surface area contributed by atoms with Crippen molar-refractivity contribution >= 4 is 0 Å². The van der Waals surface area contributed by atoms with Crippen LogP contribution in [0.25, 0.3) is 0 Å². The molecule has 0 saturated heterocycles. The second-order valence-corrected chi connectivity index (χ2v) is 6.44. The molecular weight excluding hydrogens is 324 g/mol. The Bertz CT molecular complexity index is 576. The molecule has 2 fully saturated rings. The number of rotatable bonds is 9. The normalized spacial score (nSPS) is 32.3. The number of hydrogen-bond donors (Lipinski definition) is 0. The molecule has 2 saturated carbocycles. The van der Waals surface area contributed by atoms with Gasteiger partial charge in [-0.1, -0.05) is 36.4 Å². The molecule has 0 aliphatic heterocycles. The van der Waals surface area contributed by atoms with E-state index in [1.54, 1.807) is 0 Å². The summed E-state index contributed by atoms with van der Waals surface area (Å²) in [5.74, 6) is -11.1. The topological polar surface area (TPSA) is 18.5 Å². The Morgan fingerprint density at radius 1 is 0.917 bits per heavy atom. The molecule has 2 aliphatic rings. The van der Waals surface area contributed by atoms with E-state index >= 15 is 0 Å². The smallest absolute Gasteiger partial charge is 0.257 e. The molecule has 3 rings (SSSR count). The van der Waals surface area contributed by atoms with Crippen LogP contribution in [0.4, 0.5) is 17.6 Å². The highest BCUT2D eigenvalue weighted by Gasteiger charge is 2.84. The Balaban J connectivity index is 1.50. The summed E-state index contributed by atoms with van der Waals surface area (Å²) in [6.07, 6.45) is 1.45. The lowest BCUT2D eigenvalue weighted by Gasteiger charge is -2.03. The predicted octanol–water partition coefficient (Wildman–Crippen LogP) is 4.17. The van der Waals surface area contributed by atoms with E-state index < -0.39 is 35.5 Å². The van der Waals surface area contributed by atoms with Crippen molar-refractivity contribution in [1.29, 1.82) is 0 Å². The quantitative estimate of drug-likeness (QED) is 0.380. The average Bonchev–Trinajstić information content (AvgIpc) is 3.29. The molecule has 1 aromatic carbocycles. The van der Waals surface area contributed by atoms with Gasteiger partial charge in [-0.15, -0.1) is 6.58 Å². The largest absolute Gasteiger partial charge is 0.377 e. The molecule has 2 nitrogen and oxygen atoms in total. The van der Waals surface area contributed by atoms with E-state index in [2.05, 4.69) is 6.58 Å². The van der Waals surface area contributed by atoms with Gasteiger partial charge < -0.3 is 9.47 Å². The van der Waals surface area contributed by atoms with Crippen LogP contribution >= 0.6 is 0 Å². The first kappa shape index (κ1) is 17.4.